The number of ketones is 1. The fourth-order valence-corrected chi connectivity index (χ4v) is 5.81. The zero-order valence-electron chi connectivity index (χ0n) is 22.8. The summed E-state index contributed by atoms with van der Waals surface area (Å²) in [5.74, 6) is 0.573. The molecule has 2 aromatic carbocycles. The van der Waals surface area contributed by atoms with Crippen molar-refractivity contribution in [2.75, 3.05) is 5.32 Å². The molecule has 2 aromatic heterocycles. The lowest BCUT2D eigenvalue weighted by atomic mass is 9.74. The van der Waals surface area contributed by atoms with Gasteiger partial charge in [-0.15, -0.1) is 0 Å². The van der Waals surface area contributed by atoms with Crippen LogP contribution in [0, 0.1) is 5.82 Å². The third-order valence-electron chi connectivity index (χ3n) is 8.28. The van der Waals surface area contributed by atoms with Crippen molar-refractivity contribution in [3.05, 3.63) is 89.5 Å². The molecule has 38 heavy (non-hydrogen) atoms. The first-order chi connectivity index (χ1) is 18.2. The second kappa shape index (κ2) is 9.86. The molecular formula is C31H36FN5O. The number of carbonyl (C=O) groups is 1. The molecule has 0 bridgehead atoms. The molecule has 0 saturated carbocycles. The van der Waals surface area contributed by atoms with Crippen molar-refractivity contribution in [2.45, 2.75) is 70.4 Å². The highest BCUT2D eigenvalue weighted by Crippen LogP contribution is 2.42. The number of anilines is 1. The van der Waals surface area contributed by atoms with Crippen LogP contribution in [0.3, 0.4) is 0 Å². The highest BCUT2D eigenvalue weighted by molar-refractivity contribution is 6.01. The summed E-state index contributed by atoms with van der Waals surface area (Å²) in [7, 11) is 1.89. The van der Waals surface area contributed by atoms with Gasteiger partial charge in [0.15, 0.2) is 5.78 Å². The van der Waals surface area contributed by atoms with E-state index < -0.39 is 5.41 Å². The van der Waals surface area contributed by atoms with Gasteiger partial charge in [0.05, 0.1) is 34.7 Å². The maximum absolute atomic E-state index is 14.0. The monoisotopic (exact) mass is 513 g/mol. The Morgan fingerprint density at radius 2 is 1.79 bits per heavy atom. The van der Waals surface area contributed by atoms with Gasteiger partial charge in [0, 0.05) is 18.9 Å². The van der Waals surface area contributed by atoms with E-state index in [0.29, 0.717) is 12.0 Å². The molecule has 4 aromatic rings. The van der Waals surface area contributed by atoms with Crippen molar-refractivity contribution in [1.82, 2.24) is 19.6 Å². The lowest BCUT2D eigenvalue weighted by Crippen LogP contribution is -2.38. The minimum absolute atomic E-state index is 0.0564. The molecule has 1 unspecified atom stereocenters. The van der Waals surface area contributed by atoms with Crippen LogP contribution < -0.4 is 5.32 Å². The van der Waals surface area contributed by atoms with Gasteiger partial charge in [-0.25, -0.2) is 9.07 Å². The number of carbonyl (C=O) groups excluding carboxylic acids is 1. The third-order valence-corrected chi connectivity index (χ3v) is 8.28. The van der Waals surface area contributed by atoms with Gasteiger partial charge < -0.3 is 5.32 Å². The highest BCUT2D eigenvalue weighted by Gasteiger charge is 2.39. The topological polar surface area (TPSA) is 64.7 Å². The van der Waals surface area contributed by atoms with E-state index in [-0.39, 0.29) is 23.2 Å². The van der Waals surface area contributed by atoms with E-state index in [0.717, 1.165) is 42.0 Å². The molecule has 0 saturated heterocycles. The highest BCUT2D eigenvalue weighted by atomic mass is 19.1. The van der Waals surface area contributed by atoms with Crippen LogP contribution in [0.15, 0.2) is 66.9 Å². The second-order valence-electron chi connectivity index (χ2n) is 11.1. The fraction of sp³-hybridized carbons (Fsp3) is 0.387. The van der Waals surface area contributed by atoms with Crippen LogP contribution in [0.2, 0.25) is 0 Å². The number of rotatable bonds is 8. The first kappa shape index (κ1) is 25.9. The molecule has 0 spiro atoms. The number of Topliss-reactive ketones (excluding diaryl/α,β-unsaturated/α-hetero) is 1. The van der Waals surface area contributed by atoms with Crippen molar-refractivity contribution >= 4 is 11.6 Å². The van der Waals surface area contributed by atoms with E-state index in [9.17, 15) is 9.18 Å². The summed E-state index contributed by atoms with van der Waals surface area (Å²) < 4.78 is 17.3. The Labute approximate surface area is 223 Å². The number of aromatic nitrogens is 4. The summed E-state index contributed by atoms with van der Waals surface area (Å²) in [6.07, 6.45) is 4.45. The first-order valence-corrected chi connectivity index (χ1v) is 13.4. The van der Waals surface area contributed by atoms with Crippen LogP contribution in [-0.4, -0.2) is 25.3 Å². The number of nitrogens with zero attached hydrogens (tertiary/aromatic N) is 4. The largest absolute Gasteiger partial charge is 0.363 e. The number of hydrogen-bond donors (Lipinski definition) is 1. The van der Waals surface area contributed by atoms with E-state index in [1.54, 1.807) is 18.3 Å². The van der Waals surface area contributed by atoms with Gasteiger partial charge in [0.25, 0.3) is 0 Å². The Kier molecular flexibility index (Phi) is 6.72. The molecule has 7 heteroatoms. The Morgan fingerprint density at radius 1 is 1.11 bits per heavy atom. The van der Waals surface area contributed by atoms with Crippen LogP contribution in [-0.2, 0) is 18.0 Å². The summed E-state index contributed by atoms with van der Waals surface area (Å²) in [6, 6.07) is 18.9. The Hall–Kier alpha value is -3.74. The van der Waals surface area contributed by atoms with Gasteiger partial charge in [-0.1, -0.05) is 44.2 Å². The maximum Gasteiger partial charge on any atom is 0.169 e. The van der Waals surface area contributed by atoms with Crippen LogP contribution in [0.4, 0.5) is 10.2 Å². The van der Waals surface area contributed by atoms with Gasteiger partial charge in [-0.05, 0) is 74.6 Å². The SMILES string of the molecule is CCC(CC)(CC(=O)c1cnn2c1NC(c1ccccc1)CC2(C)C)c1cc(-c2ccc(F)cc2)n(C)n1. The molecule has 0 aliphatic carbocycles. The van der Waals surface area contributed by atoms with Gasteiger partial charge in [0.1, 0.15) is 11.6 Å². The summed E-state index contributed by atoms with van der Waals surface area (Å²) in [5, 5.41) is 13.1. The van der Waals surface area contributed by atoms with Gasteiger partial charge >= 0.3 is 0 Å². The molecule has 6 nitrogen and oxygen atoms in total. The quantitative estimate of drug-likeness (QED) is 0.257. The zero-order chi connectivity index (χ0) is 27.1. The minimum Gasteiger partial charge on any atom is -0.363 e. The Bertz CT molecular complexity index is 1430. The average Bonchev–Trinajstić information content (AvgIpc) is 3.53. The molecule has 1 N–H and O–H groups in total. The van der Waals surface area contributed by atoms with E-state index in [4.69, 9.17) is 5.10 Å². The van der Waals surface area contributed by atoms with Gasteiger partial charge in [0.2, 0.25) is 0 Å². The minimum atomic E-state index is -0.426. The lowest BCUT2D eigenvalue weighted by Gasteiger charge is -2.38. The van der Waals surface area contributed by atoms with Crippen molar-refractivity contribution < 1.29 is 9.18 Å². The molecule has 1 aliphatic rings. The molecule has 1 aliphatic heterocycles. The summed E-state index contributed by atoms with van der Waals surface area (Å²) >= 11 is 0. The number of fused-ring (bicyclic) bond motifs is 1. The number of aryl methyl sites for hydroxylation is 1. The predicted molar refractivity (Wildman–Crippen MR) is 149 cm³/mol. The van der Waals surface area contributed by atoms with Crippen molar-refractivity contribution in [2.24, 2.45) is 7.05 Å². The summed E-state index contributed by atoms with van der Waals surface area (Å²) in [6.45, 7) is 8.57. The van der Waals surface area contributed by atoms with E-state index in [1.165, 1.54) is 17.7 Å². The van der Waals surface area contributed by atoms with Crippen molar-refractivity contribution in [3.8, 4) is 11.3 Å². The molecule has 0 amide bonds. The Morgan fingerprint density at radius 3 is 2.45 bits per heavy atom. The maximum atomic E-state index is 14.0. The standard InChI is InChI=1S/C31H36FN5O/c1-6-31(7-2,28-17-26(36(5)35-28)22-13-15-23(32)16-14-22)19-27(38)24-20-33-37-29(24)34-25(18-30(37,3)4)21-11-9-8-10-12-21/h8-17,20,25,34H,6-7,18-19H2,1-5H3. The number of halogens is 1. The normalized spacial score (nSPS) is 16.6. The van der Waals surface area contributed by atoms with Crippen molar-refractivity contribution in [3.63, 3.8) is 0 Å². The predicted octanol–water partition coefficient (Wildman–Crippen LogP) is 7.05. The molecule has 198 valence electrons. The number of hydrogen-bond acceptors (Lipinski definition) is 4. The molecule has 0 radical (unpaired) electrons. The lowest BCUT2D eigenvalue weighted by molar-refractivity contribution is 0.0942. The number of nitrogens with one attached hydrogen (secondary N) is 1. The summed E-state index contributed by atoms with van der Waals surface area (Å²) in [5.41, 5.74) is 3.83. The fourth-order valence-electron chi connectivity index (χ4n) is 5.81. The molecule has 5 rings (SSSR count). The van der Waals surface area contributed by atoms with E-state index in [1.807, 2.05) is 40.7 Å². The van der Waals surface area contributed by atoms with Crippen LogP contribution in [0.25, 0.3) is 11.3 Å². The molecule has 3 heterocycles. The molecular weight excluding hydrogens is 477 g/mol. The zero-order valence-corrected chi connectivity index (χ0v) is 22.8. The van der Waals surface area contributed by atoms with Gasteiger partial charge in [-0.3, -0.25) is 9.48 Å². The summed E-state index contributed by atoms with van der Waals surface area (Å²) in [4.78, 5) is 14.0. The third kappa shape index (κ3) is 4.55. The van der Waals surface area contributed by atoms with Crippen LogP contribution >= 0.6 is 0 Å². The molecule has 0 fully saturated rings. The van der Waals surface area contributed by atoms with Crippen LogP contribution in [0.5, 0.6) is 0 Å². The van der Waals surface area contributed by atoms with Gasteiger partial charge in [-0.2, -0.15) is 10.2 Å². The Balaban J connectivity index is 1.47. The second-order valence-corrected chi connectivity index (χ2v) is 11.1. The van der Waals surface area contributed by atoms with E-state index in [2.05, 4.69) is 50.2 Å². The first-order valence-electron chi connectivity index (χ1n) is 13.4. The van der Waals surface area contributed by atoms with Crippen molar-refractivity contribution in [1.29, 1.82) is 0 Å². The smallest absolute Gasteiger partial charge is 0.169 e. The van der Waals surface area contributed by atoms with E-state index >= 15 is 0 Å². The average molecular weight is 514 g/mol. The molecule has 1 atom stereocenters. The number of benzene rings is 2. The van der Waals surface area contributed by atoms with Crippen LogP contribution in [0.1, 0.15) is 81.0 Å².